The van der Waals surface area contributed by atoms with Crippen LogP contribution in [0.25, 0.3) is 10.9 Å². The van der Waals surface area contributed by atoms with Crippen LogP contribution in [0.15, 0.2) is 67.5 Å². The van der Waals surface area contributed by atoms with Crippen molar-refractivity contribution in [2.24, 2.45) is 0 Å². The van der Waals surface area contributed by atoms with E-state index in [0.717, 1.165) is 17.7 Å². The predicted octanol–water partition coefficient (Wildman–Crippen LogP) is 5.08. The van der Waals surface area contributed by atoms with Gasteiger partial charge in [-0.3, -0.25) is 4.79 Å². The molecule has 0 saturated heterocycles. The number of carbonyl (C=O) groups is 2. The molecule has 0 spiro atoms. The summed E-state index contributed by atoms with van der Waals surface area (Å²) in [7, 11) is 4.56. The number of aromatic nitrogens is 2. The van der Waals surface area contributed by atoms with E-state index >= 15 is 0 Å². The van der Waals surface area contributed by atoms with Gasteiger partial charge in [0, 0.05) is 24.4 Å². The Labute approximate surface area is 235 Å². The number of hydrogen-bond acceptors (Lipinski definition) is 8. The highest BCUT2D eigenvalue weighted by atomic mass is 19.1. The summed E-state index contributed by atoms with van der Waals surface area (Å²) in [4.78, 5) is 32.5. The number of urea groups is 1. The summed E-state index contributed by atoms with van der Waals surface area (Å²) in [6.07, 6.45) is 2.93. The van der Waals surface area contributed by atoms with Gasteiger partial charge in [-0.05, 0) is 48.4 Å². The molecule has 0 saturated carbocycles. The van der Waals surface area contributed by atoms with Gasteiger partial charge >= 0.3 is 6.03 Å². The Balaban J connectivity index is 1.42. The van der Waals surface area contributed by atoms with E-state index < -0.39 is 17.8 Å². The van der Waals surface area contributed by atoms with Crippen molar-refractivity contribution in [1.29, 1.82) is 0 Å². The third-order valence-electron chi connectivity index (χ3n) is 5.91. The third kappa shape index (κ3) is 6.98. The molecule has 0 aliphatic heterocycles. The van der Waals surface area contributed by atoms with Gasteiger partial charge < -0.3 is 34.9 Å². The van der Waals surface area contributed by atoms with Crippen LogP contribution in [0.4, 0.5) is 20.6 Å². The molecule has 41 heavy (non-hydrogen) atoms. The van der Waals surface area contributed by atoms with E-state index in [1.165, 1.54) is 25.6 Å². The number of anilines is 2. The van der Waals surface area contributed by atoms with Gasteiger partial charge in [0.2, 0.25) is 11.8 Å². The first-order valence-corrected chi connectivity index (χ1v) is 12.3. The summed E-state index contributed by atoms with van der Waals surface area (Å²) in [5.74, 6) is 0.333. The molecule has 0 aliphatic rings. The summed E-state index contributed by atoms with van der Waals surface area (Å²) in [6, 6.07) is 12.2. The fraction of sp³-hybridized carbons (Fsp3) is 0.172. The maximum atomic E-state index is 15.0. The number of methoxy groups -OCH3 is 3. The molecule has 0 fully saturated rings. The van der Waals surface area contributed by atoms with Crippen LogP contribution in [-0.4, -0.2) is 49.8 Å². The van der Waals surface area contributed by atoms with Crippen molar-refractivity contribution in [2.75, 3.05) is 38.5 Å². The van der Waals surface area contributed by atoms with Gasteiger partial charge in [0.1, 0.15) is 12.1 Å². The Bertz CT molecular complexity index is 1600. The van der Waals surface area contributed by atoms with E-state index in [0.29, 0.717) is 46.8 Å². The Morgan fingerprint density at radius 1 is 0.902 bits per heavy atom. The second-order valence-electron chi connectivity index (χ2n) is 8.51. The van der Waals surface area contributed by atoms with Gasteiger partial charge in [-0.15, -0.1) is 0 Å². The first kappa shape index (κ1) is 28.6. The number of hydrogen-bond donors (Lipinski definition) is 3. The van der Waals surface area contributed by atoms with Crippen LogP contribution in [0, 0.1) is 5.82 Å². The zero-order valence-electron chi connectivity index (χ0n) is 22.6. The van der Waals surface area contributed by atoms with Crippen molar-refractivity contribution >= 4 is 34.2 Å². The van der Waals surface area contributed by atoms with Gasteiger partial charge in [0.15, 0.2) is 23.1 Å². The lowest BCUT2D eigenvalue weighted by molar-refractivity contribution is -0.111. The summed E-state index contributed by atoms with van der Waals surface area (Å²) < 4.78 is 36.6. The molecular formula is C29H28FN5O6. The zero-order chi connectivity index (χ0) is 29.4. The van der Waals surface area contributed by atoms with E-state index in [1.807, 2.05) is 12.1 Å². The lowest BCUT2D eigenvalue weighted by atomic mass is 10.1. The van der Waals surface area contributed by atoms with Crippen LogP contribution in [-0.2, 0) is 11.2 Å². The molecule has 1 aromatic heterocycles. The number of ether oxygens (including phenoxy) is 4. The molecule has 3 aromatic carbocycles. The van der Waals surface area contributed by atoms with Gasteiger partial charge in [-0.1, -0.05) is 12.6 Å². The van der Waals surface area contributed by atoms with Crippen molar-refractivity contribution in [2.45, 2.75) is 6.42 Å². The van der Waals surface area contributed by atoms with E-state index in [2.05, 4.69) is 32.5 Å². The fourth-order valence-electron chi connectivity index (χ4n) is 3.89. The smallest absolute Gasteiger partial charge is 0.319 e. The zero-order valence-corrected chi connectivity index (χ0v) is 22.6. The molecular weight excluding hydrogens is 533 g/mol. The first-order chi connectivity index (χ1) is 19.8. The molecule has 0 radical (unpaired) electrons. The number of rotatable bonds is 11. The van der Waals surface area contributed by atoms with Crippen LogP contribution in [0.3, 0.4) is 0 Å². The quantitative estimate of drug-likeness (QED) is 0.216. The van der Waals surface area contributed by atoms with Crippen molar-refractivity contribution in [3.8, 4) is 28.9 Å². The van der Waals surface area contributed by atoms with Crippen LogP contribution in [0.1, 0.15) is 5.56 Å². The summed E-state index contributed by atoms with van der Waals surface area (Å²) >= 11 is 0. The van der Waals surface area contributed by atoms with Gasteiger partial charge in [-0.2, -0.15) is 0 Å². The molecule has 4 rings (SSSR count). The normalized spacial score (nSPS) is 10.4. The van der Waals surface area contributed by atoms with Gasteiger partial charge in [-0.25, -0.2) is 19.2 Å². The standard InChI is InChI=1S/C29H28FN5O6/c1-5-27(36)35-22-14-19-21(15-25(22)39-3)32-16-33-28(19)41-23-9-7-18(13-20(23)30)34-29(37)31-11-10-17-6-8-24(38-2)26(12-17)40-4/h5-9,12-16H,1,10-11H2,2-4H3,(H,35,36)(H2,31,34,37). The number of benzene rings is 3. The first-order valence-electron chi connectivity index (χ1n) is 12.3. The molecule has 12 heteroatoms. The van der Waals surface area contributed by atoms with Crippen molar-refractivity contribution in [1.82, 2.24) is 15.3 Å². The van der Waals surface area contributed by atoms with Crippen LogP contribution < -0.4 is 34.9 Å². The molecule has 0 bridgehead atoms. The number of carbonyl (C=O) groups excluding carboxylic acids is 2. The lowest BCUT2D eigenvalue weighted by Crippen LogP contribution is -2.30. The van der Waals surface area contributed by atoms with Crippen molar-refractivity contribution < 1.29 is 32.9 Å². The Morgan fingerprint density at radius 2 is 1.66 bits per heavy atom. The molecule has 4 aromatic rings. The average Bonchev–Trinajstić information content (AvgIpc) is 2.98. The number of nitrogens with one attached hydrogen (secondary N) is 3. The van der Waals surface area contributed by atoms with Gasteiger partial charge in [0.05, 0.1) is 37.9 Å². The van der Waals surface area contributed by atoms with E-state index in [-0.39, 0.29) is 17.3 Å². The minimum atomic E-state index is -0.728. The number of nitrogens with zero attached hydrogens (tertiary/aromatic N) is 2. The highest BCUT2D eigenvalue weighted by molar-refractivity contribution is 6.02. The van der Waals surface area contributed by atoms with E-state index in [4.69, 9.17) is 18.9 Å². The molecule has 11 nitrogen and oxygen atoms in total. The number of amides is 3. The van der Waals surface area contributed by atoms with Crippen LogP contribution in [0.2, 0.25) is 0 Å². The van der Waals surface area contributed by atoms with Crippen LogP contribution >= 0.6 is 0 Å². The molecule has 1 heterocycles. The van der Waals surface area contributed by atoms with Crippen LogP contribution in [0.5, 0.6) is 28.9 Å². The molecule has 3 N–H and O–H groups in total. The Hall–Kier alpha value is -5.39. The average molecular weight is 562 g/mol. The largest absolute Gasteiger partial charge is 0.494 e. The highest BCUT2D eigenvalue weighted by Crippen LogP contribution is 2.35. The molecule has 0 unspecified atom stereocenters. The van der Waals surface area contributed by atoms with E-state index in [1.54, 1.807) is 32.4 Å². The SMILES string of the molecule is C=CC(=O)Nc1cc2c(Oc3ccc(NC(=O)NCCc4ccc(OC)c(OC)c4)cc3F)ncnc2cc1OC. The lowest BCUT2D eigenvalue weighted by Gasteiger charge is -2.13. The maximum absolute atomic E-state index is 15.0. The molecule has 212 valence electrons. The molecule has 0 atom stereocenters. The Kier molecular flexibility index (Phi) is 9.15. The summed E-state index contributed by atoms with van der Waals surface area (Å²) in [6.45, 7) is 3.78. The Morgan fingerprint density at radius 3 is 2.37 bits per heavy atom. The third-order valence-corrected chi connectivity index (χ3v) is 5.91. The minimum Gasteiger partial charge on any atom is -0.494 e. The topological polar surface area (TPSA) is 133 Å². The number of fused-ring (bicyclic) bond motifs is 1. The van der Waals surface area contributed by atoms with Crippen molar-refractivity contribution in [3.63, 3.8) is 0 Å². The predicted molar refractivity (Wildman–Crippen MR) is 152 cm³/mol. The molecule has 3 amide bonds. The second kappa shape index (κ2) is 13.1. The maximum Gasteiger partial charge on any atom is 0.319 e. The van der Waals surface area contributed by atoms with Gasteiger partial charge in [0.25, 0.3) is 0 Å². The number of halogens is 1. The van der Waals surface area contributed by atoms with E-state index in [9.17, 15) is 14.0 Å². The fourth-order valence-corrected chi connectivity index (χ4v) is 3.89. The highest BCUT2D eigenvalue weighted by Gasteiger charge is 2.15. The monoisotopic (exact) mass is 561 g/mol. The summed E-state index contributed by atoms with van der Waals surface area (Å²) in [5.41, 5.74) is 1.96. The minimum absolute atomic E-state index is 0.0549. The molecule has 0 aliphatic carbocycles. The van der Waals surface area contributed by atoms with Crippen molar-refractivity contribution in [3.05, 3.63) is 78.9 Å². The summed E-state index contributed by atoms with van der Waals surface area (Å²) in [5, 5.41) is 8.38. The second-order valence-corrected chi connectivity index (χ2v) is 8.51.